The number of hydrogen-bond acceptors (Lipinski definition) is 4. The summed E-state index contributed by atoms with van der Waals surface area (Å²) in [5, 5.41) is 0. The van der Waals surface area contributed by atoms with E-state index < -0.39 is 0 Å². The third kappa shape index (κ3) is 10.5. The number of rotatable bonds is 17. The molecule has 3 aromatic carbocycles. The third-order valence-electron chi connectivity index (χ3n) is 6.26. The lowest BCUT2D eigenvalue weighted by Crippen LogP contribution is -2.53. The van der Waals surface area contributed by atoms with Crippen LogP contribution in [-0.4, -0.2) is 36.8 Å². The van der Waals surface area contributed by atoms with Gasteiger partial charge in [0.1, 0.15) is 31.3 Å². The number of ether oxygens (including phenoxy) is 2. The van der Waals surface area contributed by atoms with E-state index in [0.29, 0.717) is 38.1 Å². The molecule has 5 nitrogen and oxygen atoms in total. The maximum Gasteiger partial charge on any atom is 0.168 e. The van der Waals surface area contributed by atoms with Gasteiger partial charge in [0.15, 0.2) is 18.8 Å². The SMILES string of the molecule is CC[N+](Cc1ccccc1)(OC(COc1ccccc1)CC(C)C)OC(COc1ccccc1)CC(C)C. The first kappa shape index (κ1) is 29.7. The van der Waals surface area contributed by atoms with Crippen molar-refractivity contribution in [2.24, 2.45) is 11.8 Å². The van der Waals surface area contributed by atoms with E-state index in [2.05, 4.69) is 58.9 Å². The van der Waals surface area contributed by atoms with E-state index in [0.717, 1.165) is 29.9 Å². The third-order valence-corrected chi connectivity index (χ3v) is 6.26. The van der Waals surface area contributed by atoms with Crippen LogP contribution >= 0.6 is 0 Å². The van der Waals surface area contributed by atoms with Gasteiger partial charge in [0.25, 0.3) is 0 Å². The van der Waals surface area contributed by atoms with Gasteiger partial charge in [0, 0.05) is 5.56 Å². The highest BCUT2D eigenvalue weighted by molar-refractivity contribution is 5.21. The number of quaternary nitrogens is 1. The Morgan fingerprint density at radius 3 is 1.34 bits per heavy atom. The maximum absolute atomic E-state index is 6.92. The minimum absolute atomic E-state index is 0.0507. The first-order valence-electron chi connectivity index (χ1n) is 14.0. The van der Waals surface area contributed by atoms with E-state index in [1.165, 1.54) is 0 Å². The molecule has 0 saturated heterocycles. The molecule has 2 atom stereocenters. The zero-order valence-electron chi connectivity index (χ0n) is 23.8. The molecule has 0 fully saturated rings. The maximum atomic E-state index is 6.92. The summed E-state index contributed by atoms with van der Waals surface area (Å²) >= 11 is 0. The molecule has 0 saturated carbocycles. The molecular weight excluding hydrogens is 474 g/mol. The molecule has 0 radical (unpaired) electrons. The van der Waals surface area contributed by atoms with E-state index in [9.17, 15) is 0 Å². The quantitative estimate of drug-likeness (QED) is 0.134. The van der Waals surface area contributed by atoms with Crippen molar-refractivity contribution in [2.45, 2.75) is 66.2 Å². The van der Waals surface area contributed by atoms with Crippen molar-refractivity contribution in [2.75, 3.05) is 19.8 Å². The van der Waals surface area contributed by atoms with Crippen molar-refractivity contribution in [1.82, 2.24) is 0 Å². The smallest absolute Gasteiger partial charge is 0.168 e. The van der Waals surface area contributed by atoms with Gasteiger partial charge in [-0.1, -0.05) is 94.4 Å². The number of benzene rings is 3. The van der Waals surface area contributed by atoms with Crippen molar-refractivity contribution in [1.29, 1.82) is 0 Å². The van der Waals surface area contributed by atoms with Gasteiger partial charge in [0.05, 0.1) is 0 Å². The van der Waals surface area contributed by atoms with Crippen LogP contribution in [0.25, 0.3) is 0 Å². The normalized spacial score (nSPS) is 14.7. The average Bonchev–Trinajstić information content (AvgIpc) is 2.91. The van der Waals surface area contributed by atoms with Crippen LogP contribution in [0.15, 0.2) is 91.0 Å². The Bertz CT molecular complexity index is 951. The van der Waals surface area contributed by atoms with Crippen LogP contribution in [0.5, 0.6) is 11.5 Å². The summed E-state index contributed by atoms with van der Waals surface area (Å²) in [6.45, 7) is 13.1. The second-order valence-corrected chi connectivity index (χ2v) is 10.7. The van der Waals surface area contributed by atoms with Crippen LogP contribution in [0.1, 0.15) is 53.0 Å². The van der Waals surface area contributed by atoms with Crippen molar-refractivity contribution in [3.63, 3.8) is 0 Å². The van der Waals surface area contributed by atoms with Gasteiger partial charge in [-0.05, 0) is 60.7 Å². The van der Waals surface area contributed by atoms with Crippen molar-refractivity contribution < 1.29 is 24.0 Å². The van der Waals surface area contributed by atoms with Gasteiger partial charge in [-0.25, -0.2) is 0 Å². The van der Waals surface area contributed by atoms with E-state index >= 15 is 0 Å². The summed E-state index contributed by atoms with van der Waals surface area (Å²) < 4.78 is 12.3. The molecule has 0 amide bonds. The zero-order valence-corrected chi connectivity index (χ0v) is 23.8. The van der Waals surface area contributed by atoms with Crippen LogP contribution in [0.3, 0.4) is 0 Å². The molecule has 5 heteroatoms. The van der Waals surface area contributed by atoms with Crippen LogP contribution in [-0.2, 0) is 16.2 Å². The number of para-hydroxylation sites is 2. The van der Waals surface area contributed by atoms with Crippen LogP contribution in [0, 0.1) is 11.8 Å². The Labute approximate surface area is 229 Å². The zero-order chi connectivity index (χ0) is 27.2. The summed E-state index contributed by atoms with van der Waals surface area (Å²) in [5.74, 6) is 2.58. The molecule has 0 N–H and O–H groups in total. The average molecular weight is 521 g/mol. The van der Waals surface area contributed by atoms with E-state index in [4.69, 9.17) is 19.1 Å². The van der Waals surface area contributed by atoms with Gasteiger partial charge in [0.2, 0.25) is 0 Å². The highest BCUT2D eigenvalue weighted by Gasteiger charge is 2.39. The van der Waals surface area contributed by atoms with Crippen molar-refractivity contribution in [3.05, 3.63) is 96.6 Å². The predicted octanol–water partition coefficient (Wildman–Crippen LogP) is 7.87. The van der Waals surface area contributed by atoms with Crippen molar-refractivity contribution >= 4 is 0 Å². The number of hydroxylamine groups is 4. The lowest BCUT2D eigenvalue weighted by molar-refractivity contribution is -1.26. The van der Waals surface area contributed by atoms with E-state index in [-0.39, 0.29) is 17.0 Å². The fourth-order valence-corrected chi connectivity index (χ4v) is 4.51. The molecule has 0 aliphatic heterocycles. The lowest BCUT2D eigenvalue weighted by atomic mass is 10.1. The molecule has 0 bridgehead atoms. The van der Waals surface area contributed by atoms with E-state index in [1.807, 2.05) is 66.7 Å². The van der Waals surface area contributed by atoms with Crippen molar-refractivity contribution in [3.8, 4) is 11.5 Å². The first-order chi connectivity index (χ1) is 18.4. The first-order valence-corrected chi connectivity index (χ1v) is 14.0. The molecule has 3 aromatic rings. The molecule has 2 unspecified atom stereocenters. The minimum Gasteiger partial charge on any atom is -0.491 e. The summed E-state index contributed by atoms with van der Waals surface area (Å²) in [6, 6.07) is 30.3. The lowest BCUT2D eigenvalue weighted by Gasteiger charge is -2.37. The van der Waals surface area contributed by atoms with Gasteiger partial charge in [-0.3, -0.25) is 0 Å². The summed E-state index contributed by atoms with van der Waals surface area (Å²) in [7, 11) is 0. The largest absolute Gasteiger partial charge is 0.491 e. The van der Waals surface area contributed by atoms with Crippen LogP contribution in [0.4, 0.5) is 0 Å². The fourth-order valence-electron chi connectivity index (χ4n) is 4.51. The Kier molecular flexibility index (Phi) is 12.1. The molecule has 38 heavy (non-hydrogen) atoms. The predicted molar refractivity (Wildman–Crippen MR) is 153 cm³/mol. The van der Waals surface area contributed by atoms with Gasteiger partial charge < -0.3 is 9.47 Å². The molecule has 0 aromatic heterocycles. The Hall–Kier alpha value is -2.86. The topological polar surface area (TPSA) is 36.9 Å². The molecular formula is C33H46NO4+. The van der Waals surface area contributed by atoms with E-state index in [1.54, 1.807) is 0 Å². The Morgan fingerprint density at radius 1 is 0.579 bits per heavy atom. The Morgan fingerprint density at radius 2 is 0.974 bits per heavy atom. The summed E-state index contributed by atoms with van der Waals surface area (Å²) in [5.41, 5.74) is 1.16. The number of hydrogen-bond donors (Lipinski definition) is 0. The molecule has 0 aliphatic carbocycles. The van der Waals surface area contributed by atoms with Gasteiger partial charge in [-0.15, -0.1) is 0 Å². The molecule has 0 aliphatic rings. The summed E-state index contributed by atoms with van der Waals surface area (Å²) in [6.07, 6.45) is 1.43. The highest BCUT2D eigenvalue weighted by Crippen LogP contribution is 2.26. The second-order valence-electron chi connectivity index (χ2n) is 10.7. The Balaban J connectivity index is 1.84. The second kappa shape index (κ2) is 15.5. The molecule has 0 heterocycles. The molecule has 0 spiro atoms. The van der Waals surface area contributed by atoms with Gasteiger partial charge >= 0.3 is 0 Å². The fraction of sp³-hybridized carbons (Fsp3) is 0.455. The minimum atomic E-state index is -0.145. The summed E-state index contributed by atoms with van der Waals surface area (Å²) in [4.78, 5) is 13.9. The molecule has 3 rings (SSSR count). The van der Waals surface area contributed by atoms with Crippen LogP contribution < -0.4 is 9.47 Å². The highest BCUT2D eigenvalue weighted by atomic mass is 17.0. The van der Waals surface area contributed by atoms with Crippen LogP contribution in [0.2, 0.25) is 0 Å². The molecule has 206 valence electrons. The standard InChI is InChI=1S/C33H46NO4/c1-6-34(24-29-16-10-7-11-17-29,37-32(22-27(2)3)25-35-30-18-12-8-13-19-30)38-33(23-28(4)5)26-36-31-20-14-9-15-21-31/h7-21,27-28,32-33H,6,22-26H2,1-5H3/q+1. The van der Waals surface area contributed by atoms with Gasteiger partial charge in [-0.2, -0.15) is 9.68 Å². The monoisotopic (exact) mass is 520 g/mol. The number of nitrogens with zero attached hydrogens (tertiary/aromatic N) is 1.